The van der Waals surface area contributed by atoms with Crippen molar-refractivity contribution in [2.45, 2.75) is 70.4 Å². The number of hydrogen-bond acceptors (Lipinski definition) is 9. The summed E-state index contributed by atoms with van der Waals surface area (Å²) in [5.41, 5.74) is 1.47. The number of benzene rings is 1. The van der Waals surface area contributed by atoms with Crippen LogP contribution in [0.5, 0.6) is 5.75 Å². The van der Waals surface area contributed by atoms with Crippen molar-refractivity contribution in [3.8, 4) is 5.75 Å². The average molecular weight is 577 g/mol. The summed E-state index contributed by atoms with van der Waals surface area (Å²) in [5.74, 6) is -0.490. The molecule has 4 rings (SSSR count). The van der Waals surface area contributed by atoms with Crippen molar-refractivity contribution in [1.29, 1.82) is 0 Å². The molecule has 1 aliphatic carbocycles. The fourth-order valence-electron chi connectivity index (χ4n) is 4.40. The largest absolute Gasteiger partial charge is 0.483 e. The Morgan fingerprint density at radius 3 is 2.69 bits per heavy atom. The van der Waals surface area contributed by atoms with E-state index in [0.29, 0.717) is 28.2 Å². The number of nitrogens with one attached hydrogen (secondary N) is 1. The van der Waals surface area contributed by atoms with Crippen LogP contribution in [0.2, 0.25) is 0 Å². The minimum Gasteiger partial charge on any atom is -0.483 e. The third-order valence-corrected chi connectivity index (χ3v) is 8.23. The number of thioether (sulfide) groups is 1. The summed E-state index contributed by atoms with van der Waals surface area (Å²) >= 11 is 2.67. The van der Waals surface area contributed by atoms with Gasteiger partial charge >= 0.3 is 5.97 Å². The molecule has 12 heteroatoms. The molecule has 1 N–H and O–H groups in total. The van der Waals surface area contributed by atoms with Crippen LogP contribution >= 0.6 is 23.1 Å². The third-order valence-electron chi connectivity index (χ3n) is 6.08. The number of esters is 1. The number of thiophene rings is 1. The number of hydrogen-bond donors (Lipinski definition) is 1. The predicted octanol–water partition coefficient (Wildman–Crippen LogP) is 5.44. The van der Waals surface area contributed by atoms with Crippen LogP contribution in [0.15, 0.2) is 29.4 Å². The van der Waals surface area contributed by atoms with Crippen LogP contribution in [-0.4, -0.2) is 52.2 Å². The molecule has 0 radical (unpaired) electrons. The Bertz CT molecular complexity index is 1310. The lowest BCUT2D eigenvalue weighted by Gasteiger charge is -2.17. The zero-order valence-electron chi connectivity index (χ0n) is 22.5. The number of anilines is 1. The molecule has 9 nitrogen and oxygen atoms in total. The van der Waals surface area contributed by atoms with Gasteiger partial charge in [0.2, 0.25) is 5.91 Å². The van der Waals surface area contributed by atoms with Gasteiger partial charge in [0.05, 0.1) is 30.1 Å². The van der Waals surface area contributed by atoms with Gasteiger partial charge in [0.1, 0.15) is 11.6 Å². The van der Waals surface area contributed by atoms with Crippen LogP contribution in [0.3, 0.4) is 0 Å². The second kappa shape index (κ2) is 13.4. The maximum atomic E-state index is 14.0. The van der Waals surface area contributed by atoms with Gasteiger partial charge < -0.3 is 19.5 Å². The molecule has 0 aliphatic heterocycles. The number of fused-ring (bicyclic) bond motifs is 1. The Hall–Kier alpha value is -2.96. The molecule has 0 fully saturated rings. The highest BCUT2D eigenvalue weighted by molar-refractivity contribution is 7.99. The molecule has 210 valence electrons. The van der Waals surface area contributed by atoms with Gasteiger partial charge in [-0.2, -0.15) is 0 Å². The summed E-state index contributed by atoms with van der Waals surface area (Å²) in [6, 6.07) is 5.99. The first-order valence-electron chi connectivity index (χ1n) is 12.9. The molecule has 39 heavy (non-hydrogen) atoms. The SMILES string of the molecule is COC[C@@H](C)n1c(COc2ccccc2F)nnc1SCC(=O)Nc1sc2c(c1C(=O)OC(C)C)CCCC2. The first kappa shape index (κ1) is 29.0. The van der Waals surface area contributed by atoms with Gasteiger partial charge in [-0.15, -0.1) is 21.5 Å². The Balaban J connectivity index is 1.47. The van der Waals surface area contributed by atoms with Crippen LogP contribution in [0.1, 0.15) is 66.3 Å². The van der Waals surface area contributed by atoms with Gasteiger partial charge in [0, 0.05) is 12.0 Å². The molecule has 1 aromatic carbocycles. The topological polar surface area (TPSA) is 105 Å². The number of ether oxygens (including phenoxy) is 3. The Labute approximate surface area is 235 Å². The van der Waals surface area contributed by atoms with Gasteiger partial charge in [-0.25, -0.2) is 9.18 Å². The predicted molar refractivity (Wildman–Crippen MR) is 148 cm³/mol. The van der Waals surface area contributed by atoms with Crippen molar-refractivity contribution in [2.75, 3.05) is 24.8 Å². The fourth-order valence-corrected chi connectivity index (χ4v) is 6.55. The van der Waals surface area contributed by atoms with Gasteiger partial charge in [0.15, 0.2) is 22.5 Å². The van der Waals surface area contributed by atoms with E-state index < -0.39 is 11.8 Å². The van der Waals surface area contributed by atoms with E-state index in [2.05, 4.69) is 15.5 Å². The molecule has 3 aromatic rings. The number of halogens is 1. The number of amides is 1. The Morgan fingerprint density at radius 1 is 1.18 bits per heavy atom. The summed E-state index contributed by atoms with van der Waals surface area (Å²) in [7, 11) is 1.60. The quantitative estimate of drug-likeness (QED) is 0.225. The van der Waals surface area contributed by atoms with Crippen LogP contribution in [-0.2, 0) is 33.7 Å². The van der Waals surface area contributed by atoms with Crippen LogP contribution in [0, 0.1) is 5.82 Å². The van der Waals surface area contributed by atoms with E-state index in [1.807, 2.05) is 25.3 Å². The molecule has 0 saturated carbocycles. The molecule has 2 heterocycles. The molecular weight excluding hydrogens is 543 g/mol. The van der Waals surface area contributed by atoms with Crippen LogP contribution in [0.4, 0.5) is 9.39 Å². The maximum absolute atomic E-state index is 14.0. The van der Waals surface area contributed by atoms with Crippen molar-refractivity contribution in [3.05, 3.63) is 51.9 Å². The van der Waals surface area contributed by atoms with E-state index in [-0.39, 0.29) is 36.2 Å². The minimum absolute atomic E-state index is 0.00316. The number of carbonyl (C=O) groups is 2. The van der Waals surface area contributed by atoms with Crippen molar-refractivity contribution >= 4 is 40.0 Å². The highest BCUT2D eigenvalue weighted by atomic mass is 32.2. The summed E-state index contributed by atoms with van der Waals surface area (Å²) in [6.07, 6.45) is 3.51. The highest BCUT2D eigenvalue weighted by Crippen LogP contribution is 2.39. The highest BCUT2D eigenvalue weighted by Gasteiger charge is 2.28. The lowest BCUT2D eigenvalue weighted by molar-refractivity contribution is -0.113. The van der Waals surface area contributed by atoms with Gasteiger partial charge in [0.25, 0.3) is 0 Å². The maximum Gasteiger partial charge on any atom is 0.341 e. The van der Waals surface area contributed by atoms with Crippen molar-refractivity contribution in [1.82, 2.24) is 14.8 Å². The lowest BCUT2D eigenvalue weighted by Crippen LogP contribution is -2.20. The molecule has 1 aliphatic rings. The van der Waals surface area contributed by atoms with Gasteiger partial charge in [-0.3, -0.25) is 9.36 Å². The van der Waals surface area contributed by atoms with Crippen molar-refractivity contribution < 1.29 is 28.2 Å². The summed E-state index contributed by atoms with van der Waals surface area (Å²) in [6.45, 7) is 5.93. The third kappa shape index (κ3) is 7.17. The molecule has 0 spiro atoms. The molecule has 2 aromatic heterocycles. The molecule has 0 unspecified atom stereocenters. The molecule has 1 amide bonds. The molecule has 1 atom stereocenters. The van der Waals surface area contributed by atoms with E-state index >= 15 is 0 Å². The van der Waals surface area contributed by atoms with E-state index in [4.69, 9.17) is 14.2 Å². The fraction of sp³-hybridized carbons (Fsp3) is 0.481. The standard InChI is InChI=1S/C27H33FN4O5S2/c1-16(2)37-26(34)24-18-9-5-8-12-21(18)39-25(24)29-23(33)15-38-27-31-30-22(32(27)17(3)13-35-4)14-36-20-11-7-6-10-19(20)28/h6-7,10-11,16-17H,5,8-9,12-15H2,1-4H3,(H,29,33)/t17-/m1/s1. The smallest absolute Gasteiger partial charge is 0.341 e. The zero-order valence-corrected chi connectivity index (χ0v) is 24.1. The number of carbonyl (C=O) groups excluding carboxylic acids is 2. The normalized spacial score (nSPS) is 13.7. The number of rotatable bonds is 12. The van der Waals surface area contributed by atoms with Gasteiger partial charge in [-0.1, -0.05) is 23.9 Å². The summed E-state index contributed by atoms with van der Waals surface area (Å²) in [5, 5.41) is 12.5. The van der Waals surface area contributed by atoms with E-state index in [1.165, 1.54) is 29.2 Å². The van der Waals surface area contributed by atoms with Crippen LogP contribution < -0.4 is 10.1 Å². The number of nitrogens with zero attached hydrogens (tertiary/aromatic N) is 3. The second-order valence-electron chi connectivity index (χ2n) is 9.50. The van der Waals surface area contributed by atoms with Crippen molar-refractivity contribution in [3.63, 3.8) is 0 Å². The molecule has 0 saturated heterocycles. The number of methoxy groups -OCH3 is 1. The van der Waals surface area contributed by atoms with E-state index in [1.54, 1.807) is 25.3 Å². The average Bonchev–Trinajstić information content (AvgIpc) is 3.47. The lowest BCUT2D eigenvalue weighted by atomic mass is 9.95. The van der Waals surface area contributed by atoms with Gasteiger partial charge in [-0.05, 0) is 64.2 Å². The first-order valence-corrected chi connectivity index (χ1v) is 14.7. The zero-order chi connectivity index (χ0) is 27.9. The second-order valence-corrected chi connectivity index (χ2v) is 11.5. The summed E-state index contributed by atoms with van der Waals surface area (Å²) < 4.78 is 32.3. The minimum atomic E-state index is -0.466. The summed E-state index contributed by atoms with van der Waals surface area (Å²) in [4.78, 5) is 27.1. The number of aromatic nitrogens is 3. The monoisotopic (exact) mass is 576 g/mol. The van der Waals surface area contributed by atoms with E-state index in [0.717, 1.165) is 36.1 Å². The number of aryl methyl sites for hydroxylation is 1. The van der Waals surface area contributed by atoms with Crippen molar-refractivity contribution in [2.24, 2.45) is 0 Å². The first-order chi connectivity index (χ1) is 18.8. The molecular formula is C27H33FN4O5S2. The Kier molecular flexibility index (Phi) is 9.98. The molecule has 0 bridgehead atoms. The van der Waals surface area contributed by atoms with E-state index in [9.17, 15) is 14.0 Å². The van der Waals surface area contributed by atoms with Crippen LogP contribution in [0.25, 0.3) is 0 Å². The Morgan fingerprint density at radius 2 is 1.95 bits per heavy atom. The number of para-hydroxylation sites is 1.